The molecule has 1 heterocycles. The van der Waals surface area contributed by atoms with Gasteiger partial charge < -0.3 is 5.32 Å². The van der Waals surface area contributed by atoms with Crippen molar-refractivity contribution in [3.05, 3.63) is 64.7 Å². The van der Waals surface area contributed by atoms with Crippen LogP contribution in [0.5, 0.6) is 0 Å². The summed E-state index contributed by atoms with van der Waals surface area (Å²) in [5.74, 6) is -0.104. The predicted octanol–water partition coefficient (Wildman–Crippen LogP) is 3.09. The molecule has 2 aromatic carbocycles. The molecule has 0 radical (unpaired) electrons. The molecular formula is C18H16ClNO3S. The Morgan fingerprint density at radius 3 is 2.50 bits per heavy atom. The molecule has 2 atom stereocenters. The first kappa shape index (κ1) is 15.7. The van der Waals surface area contributed by atoms with Gasteiger partial charge in [0.05, 0.1) is 10.4 Å². The van der Waals surface area contributed by atoms with Crippen LogP contribution < -0.4 is 5.32 Å². The highest BCUT2D eigenvalue weighted by molar-refractivity contribution is 8.13. The van der Waals surface area contributed by atoms with E-state index in [9.17, 15) is 13.2 Å². The van der Waals surface area contributed by atoms with Crippen molar-refractivity contribution in [2.45, 2.75) is 36.1 Å². The largest absolute Gasteiger partial charge is 0.342 e. The van der Waals surface area contributed by atoms with E-state index >= 15 is 0 Å². The van der Waals surface area contributed by atoms with Crippen molar-refractivity contribution in [2.75, 3.05) is 0 Å². The highest BCUT2D eigenvalue weighted by atomic mass is 35.7. The number of nitrogens with one attached hydrogen (secondary N) is 1. The van der Waals surface area contributed by atoms with Crippen LogP contribution in [0.2, 0.25) is 0 Å². The summed E-state index contributed by atoms with van der Waals surface area (Å²) in [6.07, 6.45) is 0.635. The van der Waals surface area contributed by atoms with Crippen molar-refractivity contribution in [1.29, 1.82) is 0 Å². The molecule has 24 heavy (non-hydrogen) atoms. The smallest absolute Gasteiger partial charge is 0.261 e. The van der Waals surface area contributed by atoms with Crippen molar-refractivity contribution >= 4 is 25.6 Å². The summed E-state index contributed by atoms with van der Waals surface area (Å²) < 4.78 is 23.3. The van der Waals surface area contributed by atoms with Crippen LogP contribution in [-0.2, 0) is 26.4 Å². The van der Waals surface area contributed by atoms with Gasteiger partial charge in [-0.15, -0.1) is 0 Å². The minimum atomic E-state index is -3.78. The van der Waals surface area contributed by atoms with Crippen LogP contribution in [0.1, 0.15) is 40.9 Å². The molecule has 4 rings (SSSR count). The van der Waals surface area contributed by atoms with E-state index in [1.165, 1.54) is 6.07 Å². The monoisotopic (exact) mass is 361 g/mol. The van der Waals surface area contributed by atoms with E-state index in [0.717, 1.165) is 16.7 Å². The maximum atomic E-state index is 12.6. The zero-order valence-electron chi connectivity index (χ0n) is 13.3. The third-order valence-corrected chi connectivity index (χ3v) is 7.03. The number of benzene rings is 2. The van der Waals surface area contributed by atoms with E-state index in [1.54, 1.807) is 12.1 Å². The van der Waals surface area contributed by atoms with E-state index < -0.39 is 14.6 Å². The van der Waals surface area contributed by atoms with Crippen LogP contribution >= 0.6 is 10.7 Å². The van der Waals surface area contributed by atoms with Crippen LogP contribution in [0.25, 0.3) is 0 Å². The summed E-state index contributed by atoms with van der Waals surface area (Å²) in [6.45, 7) is 4.11. The van der Waals surface area contributed by atoms with Gasteiger partial charge in [-0.3, -0.25) is 4.79 Å². The van der Waals surface area contributed by atoms with Gasteiger partial charge in [-0.25, -0.2) is 8.42 Å². The number of carbonyl (C=O) groups is 1. The van der Waals surface area contributed by atoms with Crippen molar-refractivity contribution in [3.8, 4) is 0 Å². The summed E-state index contributed by atoms with van der Waals surface area (Å²) in [5.41, 5.74) is 2.56. The fraction of sp³-hybridized carbons (Fsp3) is 0.278. The lowest BCUT2D eigenvalue weighted by Gasteiger charge is -2.47. The number of rotatable bonds is 1. The highest BCUT2D eigenvalue weighted by Gasteiger charge is 2.57. The molecule has 1 aliphatic heterocycles. The number of carbonyl (C=O) groups excluding carboxylic acids is 1. The molecule has 0 fully saturated rings. The molecule has 0 spiro atoms. The summed E-state index contributed by atoms with van der Waals surface area (Å²) in [6, 6.07) is 12.5. The summed E-state index contributed by atoms with van der Waals surface area (Å²) in [5, 5.41) is 3.14. The molecule has 1 aliphatic carbocycles. The summed E-state index contributed by atoms with van der Waals surface area (Å²) in [7, 11) is 1.71. The third kappa shape index (κ3) is 1.85. The summed E-state index contributed by atoms with van der Waals surface area (Å²) in [4.78, 5) is 12.7. The van der Waals surface area contributed by atoms with Gasteiger partial charge in [0.25, 0.3) is 15.0 Å². The first-order valence-corrected chi connectivity index (χ1v) is 9.98. The minimum Gasteiger partial charge on any atom is -0.342 e. The zero-order chi connectivity index (χ0) is 17.3. The Hall–Kier alpha value is -1.85. The van der Waals surface area contributed by atoms with Gasteiger partial charge in [-0.1, -0.05) is 31.2 Å². The van der Waals surface area contributed by atoms with Crippen LogP contribution in [0.3, 0.4) is 0 Å². The van der Waals surface area contributed by atoms with E-state index in [4.69, 9.17) is 10.7 Å². The van der Waals surface area contributed by atoms with Crippen molar-refractivity contribution in [1.82, 2.24) is 5.32 Å². The molecule has 1 N–H and O–H groups in total. The number of amides is 1. The van der Waals surface area contributed by atoms with Crippen LogP contribution in [-0.4, -0.2) is 14.3 Å². The second-order valence-corrected chi connectivity index (χ2v) is 9.46. The standard InChI is InChI=1S/C18H16ClNO3S/c1-17-10-11-9-12(24(19,22)23)7-8-14(11)18(17,2)20-16(21)13-5-3-4-6-15(13)17/h3-9H,10H2,1-2H3,(H,20,21). The molecule has 1 amide bonds. The van der Waals surface area contributed by atoms with E-state index in [0.29, 0.717) is 12.0 Å². The topological polar surface area (TPSA) is 63.2 Å². The van der Waals surface area contributed by atoms with Gasteiger partial charge in [-0.2, -0.15) is 0 Å². The normalized spacial score (nSPS) is 27.9. The van der Waals surface area contributed by atoms with Gasteiger partial charge >= 0.3 is 0 Å². The molecule has 4 nitrogen and oxygen atoms in total. The Labute approximate surface area is 145 Å². The average Bonchev–Trinajstić information content (AvgIpc) is 2.75. The Kier molecular flexibility index (Phi) is 3.01. The molecule has 0 saturated heterocycles. The van der Waals surface area contributed by atoms with Gasteiger partial charge in [0.2, 0.25) is 0 Å². The van der Waals surface area contributed by atoms with Gasteiger partial charge in [0.1, 0.15) is 0 Å². The predicted molar refractivity (Wildman–Crippen MR) is 91.8 cm³/mol. The quantitative estimate of drug-likeness (QED) is 0.794. The fourth-order valence-electron chi connectivity index (χ4n) is 4.24. The molecule has 2 unspecified atom stereocenters. The molecule has 2 aliphatic rings. The zero-order valence-corrected chi connectivity index (χ0v) is 14.8. The molecule has 124 valence electrons. The first-order valence-electron chi connectivity index (χ1n) is 7.67. The highest BCUT2D eigenvalue weighted by Crippen LogP contribution is 2.54. The Morgan fingerprint density at radius 1 is 1.08 bits per heavy atom. The van der Waals surface area contributed by atoms with Crippen molar-refractivity contribution in [3.63, 3.8) is 0 Å². The van der Waals surface area contributed by atoms with Gasteiger partial charge in [0, 0.05) is 21.7 Å². The van der Waals surface area contributed by atoms with Gasteiger partial charge in [0.15, 0.2) is 0 Å². The van der Waals surface area contributed by atoms with E-state index in [1.807, 2.05) is 31.2 Å². The first-order chi connectivity index (χ1) is 11.2. The lowest BCUT2D eigenvalue weighted by molar-refractivity contribution is 0.0817. The van der Waals surface area contributed by atoms with Gasteiger partial charge in [-0.05, 0) is 48.2 Å². The third-order valence-electron chi connectivity index (χ3n) is 5.67. The molecule has 0 saturated carbocycles. The second kappa shape index (κ2) is 4.61. The maximum absolute atomic E-state index is 12.6. The SMILES string of the molecule is CC12Cc3cc(S(=O)(=O)Cl)ccc3C1(C)NC(=O)c1ccccc12. The molecule has 0 bridgehead atoms. The number of halogens is 1. The number of hydrogen-bond donors (Lipinski definition) is 1. The fourth-order valence-corrected chi connectivity index (χ4v) is 5.04. The molecular weight excluding hydrogens is 346 g/mol. The molecule has 0 aromatic heterocycles. The lowest BCUT2D eigenvalue weighted by Crippen LogP contribution is -2.58. The summed E-state index contributed by atoms with van der Waals surface area (Å²) >= 11 is 0. The van der Waals surface area contributed by atoms with E-state index in [2.05, 4.69) is 12.2 Å². The van der Waals surface area contributed by atoms with Crippen LogP contribution in [0.4, 0.5) is 0 Å². The van der Waals surface area contributed by atoms with Crippen LogP contribution in [0.15, 0.2) is 47.4 Å². The van der Waals surface area contributed by atoms with Crippen molar-refractivity contribution in [2.24, 2.45) is 0 Å². The Bertz CT molecular complexity index is 1000. The Balaban J connectivity index is 1.97. The van der Waals surface area contributed by atoms with E-state index in [-0.39, 0.29) is 16.2 Å². The maximum Gasteiger partial charge on any atom is 0.261 e. The minimum absolute atomic E-state index is 0.0911. The Morgan fingerprint density at radius 2 is 1.79 bits per heavy atom. The molecule has 6 heteroatoms. The van der Waals surface area contributed by atoms with Crippen molar-refractivity contribution < 1.29 is 13.2 Å². The lowest BCUT2D eigenvalue weighted by atomic mass is 9.64. The average molecular weight is 362 g/mol. The number of fused-ring (bicyclic) bond motifs is 5. The van der Waals surface area contributed by atoms with Crippen LogP contribution in [0, 0.1) is 0 Å². The molecule has 2 aromatic rings. The number of hydrogen-bond acceptors (Lipinski definition) is 3. The second-order valence-electron chi connectivity index (χ2n) is 6.89.